The average Bonchev–Trinajstić information content (AvgIpc) is 3.16. The summed E-state index contributed by atoms with van der Waals surface area (Å²) in [6, 6.07) is 8.76. The van der Waals surface area contributed by atoms with Gasteiger partial charge in [0.1, 0.15) is 5.82 Å². The zero-order valence-electron chi connectivity index (χ0n) is 10.4. The number of benzene rings is 1. The van der Waals surface area contributed by atoms with E-state index in [1.54, 1.807) is 0 Å². The van der Waals surface area contributed by atoms with Gasteiger partial charge in [0.15, 0.2) is 5.82 Å². The number of aromatic amines is 1. The van der Waals surface area contributed by atoms with Gasteiger partial charge in [0.25, 0.3) is 0 Å². The van der Waals surface area contributed by atoms with Crippen molar-refractivity contribution < 1.29 is 0 Å². The fraction of sp³-hybridized carbons (Fsp3) is 0.467. The topological polar surface area (TPSA) is 41.6 Å². The highest BCUT2D eigenvalue weighted by molar-refractivity contribution is 5.31. The van der Waals surface area contributed by atoms with Gasteiger partial charge in [-0.3, -0.25) is 5.10 Å². The van der Waals surface area contributed by atoms with Gasteiger partial charge in [-0.15, -0.1) is 0 Å². The van der Waals surface area contributed by atoms with Gasteiger partial charge >= 0.3 is 0 Å². The van der Waals surface area contributed by atoms with Crippen molar-refractivity contribution in [3.05, 3.63) is 47.0 Å². The normalized spacial score (nSPS) is 22.8. The molecule has 4 rings (SSSR count). The highest BCUT2D eigenvalue weighted by Crippen LogP contribution is 2.39. The first-order valence-corrected chi connectivity index (χ1v) is 6.89. The van der Waals surface area contributed by atoms with Gasteiger partial charge < -0.3 is 0 Å². The molecule has 92 valence electrons. The summed E-state index contributed by atoms with van der Waals surface area (Å²) in [6.45, 7) is 0. The largest absolute Gasteiger partial charge is 0.263 e. The number of nitrogens with zero attached hydrogens (tertiary/aromatic N) is 2. The molecule has 0 amide bonds. The lowest BCUT2D eigenvalue weighted by molar-refractivity contribution is 0.556. The summed E-state index contributed by atoms with van der Waals surface area (Å²) >= 11 is 0. The molecule has 1 N–H and O–H groups in total. The monoisotopic (exact) mass is 239 g/mol. The number of aromatic nitrogens is 3. The van der Waals surface area contributed by atoms with E-state index < -0.39 is 0 Å². The van der Waals surface area contributed by atoms with Crippen molar-refractivity contribution in [2.75, 3.05) is 0 Å². The second kappa shape index (κ2) is 3.94. The molecule has 1 fully saturated rings. The standard InChI is InChI=1S/C15H17N3/c1-2-4-12-9-13(8-5-10(12)3-1)15-16-14(17-18-15)11-6-7-11/h1-4,11,13H,5-9H2,(H,16,17,18). The van der Waals surface area contributed by atoms with Gasteiger partial charge in [-0.05, 0) is 43.2 Å². The first kappa shape index (κ1) is 10.3. The fourth-order valence-corrected chi connectivity index (χ4v) is 2.93. The molecule has 1 saturated carbocycles. The van der Waals surface area contributed by atoms with Crippen LogP contribution in [0.4, 0.5) is 0 Å². The minimum absolute atomic E-state index is 0.503. The molecule has 0 bridgehead atoms. The van der Waals surface area contributed by atoms with Crippen LogP contribution >= 0.6 is 0 Å². The van der Waals surface area contributed by atoms with Crippen LogP contribution in [0.1, 0.15) is 53.9 Å². The summed E-state index contributed by atoms with van der Waals surface area (Å²) in [4.78, 5) is 4.70. The maximum Gasteiger partial charge on any atom is 0.154 e. The minimum atomic E-state index is 0.503. The van der Waals surface area contributed by atoms with Crippen LogP contribution in [0.3, 0.4) is 0 Å². The Labute approximate surface area is 107 Å². The summed E-state index contributed by atoms with van der Waals surface area (Å²) in [5.74, 6) is 3.32. The Morgan fingerprint density at radius 3 is 2.67 bits per heavy atom. The summed E-state index contributed by atoms with van der Waals surface area (Å²) < 4.78 is 0. The molecule has 0 aliphatic heterocycles. The zero-order valence-corrected chi connectivity index (χ0v) is 10.4. The van der Waals surface area contributed by atoms with E-state index in [0.29, 0.717) is 11.8 Å². The predicted molar refractivity (Wildman–Crippen MR) is 69.6 cm³/mol. The summed E-state index contributed by atoms with van der Waals surface area (Å²) in [6.07, 6.45) is 6.00. The van der Waals surface area contributed by atoms with E-state index in [0.717, 1.165) is 24.5 Å². The quantitative estimate of drug-likeness (QED) is 0.875. The molecule has 1 aromatic heterocycles. The molecule has 0 radical (unpaired) electrons. The van der Waals surface area contributed by atoms with E-state index in [1.165, 1.54) is 30.4 Å². The summed E-state index contributed by atoms with van der Waals surface area (Å²) in [5.41, 5.74) is 2.98. The van der Waals surface area contributed by atoms with Crippen LogP contribution in [0.5, 0.6) is 0 Å². The minimum Gasteiger partial charge on any atom is -0.263 e. The van der Waals surface area contributed by atoms with Gasteiger partial charge in [-0.1, -0.05) is 24.3 Å². The number of hydrogen-bond donors (Lipinski definition) is 1. The third-order valence-electron chi connectivity index (χ3n) is 4.20. The third-order valence-corrected chi connectivity index (χ3v) is 4.20. The fourth-order valence-electron chi connectivity index (χ4n) is 2.93. The molecule has 1 unspecified atom stereocenters. The van der Waals surface area contributed by atoms with Crippen molar-refractivity contribution in [2.24, 2.45) is 0 Å². The predicted octanol–water partition coefficient (Wildman–Crippen LogP) is 2.95. The Bertz CT molecular complexity index is 569. The molecule has 2 aliphatic carbocycles. The summed E-state index contributed by atoms with van der Waals surface area (Å²) in [7, 11) is 0. The van der Waals surface area contributed by atoms with Crippen LogP contribution in [-0.4, -0.2) is 15.2 Å². The van der Waals surface area contributed by atoms with Gasteiger partial charge in [0.2, 0.25) is 0 Å². The van der Waals surface area contributed by atoms with E-state index in [9.17, 15) is 0 Å². The van der Waals surface area contributed by atoms with E-state index in [2.05, 4.69) is 34.5 Å². The highest BCUT2D eigenvalue weighted by Gasteiger charge is 2.29. The second-order valence-corrected chi connectivity index (χ2v) is 5.56. The van der Waals surface area contributed by atoms with E-state index >= 15 is 0 Å². The molecule has 2 aliphatic rings. The SMILES string of the molecule is c1ccc2c(c1)CCC(c1n[nH]c(C3CC3)n1)C2. The Hall–Kier alpha value is -1.64. The number of H-pyrrole nitrogens is 1. The number of rotatable bonds is 2. The van der Waals surface area contributed by atoms with Crippen LogP contribution in [0.25, 0.3) is 0 Å². The van der Waals surface area contributed by atoms with Crippen LogP contribution in [0.15, 0.2) is 24.3 Å². The van der Waals surface area contributed by atoms with Crippen molar-refractivity contribution in [1.82, 2.24) is 15.2 Å². The first-order chi connectivity index (χ1) is 8.90. The third kappa shape index (κ3) is 1.74. The molecule has 1 heterocycles. The van der Waals surface area contributed by atoms with Gasteiger partial charge in [0.05, 0.1) is 0 Å². The van der Waals surface area contributed by atoms with Crippen molar-refractivity contribution in [2.45, 2.75) is 43.9 Å². The molecule has 2 aromatic rings. The van der Waals surface area contributed by atoms with E-state index in [-0.39, 0.29) is 0 Å². The van der Waals surface area contributed by atoms with Gasteiger partial charge in [-0.2, -0.15) is 5.10 Å². The molecular formula is C15H17N3. The smallest absolute Gasteiger partial charge is 0.154 e. The molecule has 0 saturated heterocycles. The van der Waals surface area contributed by atoms with Crippen molar-refractivity contribution in [1.29, 1.82) is 0 Å². The number of aryl methyl sites for hydroxylation is 1. The highest BCUT2D eigenvalue weighted by atomic mass is 15.2. The number of hydrogen-bond acceptors (Lipinski definition) is 2. The lowest BCUT2D eigenvalue weighted by Gasteiger charge is -2.22. The lowest BCUT2D eigenvalue weighted by Crippen LogP contribution is -2.13. The molecule has 0 spiro atoms. The van der Waals surface area contributed by atoms with Crippen molar-refractivity contribution in [3.63, 3.8) is 0 Å². The van der Waals surface area contributed by atoms with Crippen LogP contribution in [-0.2, 0) is 12.8 Å². The van der Waals surface area contributed by atoms with E-state index in [4.69, 9.17) is 4.98 Å². The average molecular weight is 239 g/mol. The molecule has 1 atom stereocenters. The lowest BCUT2D eigenvalue weighted by atomic mass is 9.83. The van der Waals surface area contributed by atoms with E-state index in [1.807, 2.05) is 0 Å². The summed E-state index contributed by atoms with van der Waals surface area (Å²) in [5, 5.41) is 7.57. The van der Waals surface area contributed by atoms with Crippen LogP contribution < -0.4 is 0 Å². The molecule has 1 aromatic carbocycles. The first-order valence-electron chi connectivity index (χ1n) is 6.89. The van der Waals surface area contributed by atoms with Crippen molar-refractivity contribution in [3.8, 4) is 0 Å². The molecule has 3 heteroatoms. The van der Waals surface area contributed by atoms with Crippen LogP contribution in [0, 0.1) is 0 Å². The Morgan fingerprint density at radius 2 is 1.83 bits per heavy atom. The maximum absolute atomic E-state index is 4.70. The van der Waals surface area contributed by atoms with Crippen LogP contribution in [0.2, 0.25) is 0 Å². The maximum atomic E-state index is 4.70. The van der Waals surface area contributed by atoms with Gasteiger partial charge in [0, 0.05) is 11.8 Å². The Balaban J connectivity index is 1.59. The van der Waals surface area contributed by atoms with Crippen molar-refractivity contribution >= 4 is 0 Å². The zero-order chi connectivity index (χ0) is 11.9. The number of nitrogens with one attached hydrogen (secondary N) is 1. The Morgan fingerprint density at radius 1 is 1.00 bits per heavy atom. The Kier molecular flexibility index (Phi) is 2.25. The molecular weight excluding hydrogens is 222 g/mol. The second-order valence-electron chi connectivity index (χ2n) is 5.56. The van der Waals surface area contributed by atoms with Gasteiger partial charge in [-0.25, -0.2) is 4.98 Å². The molecule has 18 heavy (non-hydrogen) atoms. The number of fused-ring (bicyclic) bond motifs is 1. The molecule has 3 nitrogen and oxygen atoms in total.